The molecule has 116 valence electrons. The van der Waals surface area contributed by atoms with Gasteiger partial charge in [0.15, 0.2) is 0 Å². The molecule has 0 radical (unpaired) electrons. The molecule has 1 amide bonds. The van der Waals surface area contributed by atoms with E-state index >= 15 is 0 Å². The van der Waals surface area contributed by atoms with Crippen LogP contribution in [0.2, 0.25) is 0 Å². The monoisotopic (exact) mass is 353 g/mol. The van der Waals surface area contributed by atoms with E-state index in [-0.39, 0.29) is 12.0 Å². The number of carbonyl (C=O) groups is 1. The Morgan fingerprint density at radius 3 is 3.00 bits per heavy atom. The van der Waals surface area contributed by atoms with Crippen LogP contribution in [-0.2, 0) is 0 Å². The Morgan fingerprint density at radius 2 is 2.29 bits per heavy atom. The third-order valence-corrected chi connectivity index (χ3v) is 4.23. The Hall–Kier alpha value is -1.03. The summed E-state index contributed by atoms with van der Waals surface area (Å²) in [4.78, 5) is 14.6. The molecule has 1 unspecified atom stereocenters. The molecule has 0 N–H and O–H groups in total. The lowest BCUT2D eigenvalue weighted by molar-refractivity contribution is 0.0671. The van der Waals surface area contributed by atoms with E-state index in [9.17, 15) is 4.79 Å². The highest BCUT2D eigenvalue weighted by Crippen LogP contribution is 2.23. The van der Waals surface area contributed by atoms with Crippen LogP contribution < -0.4 is 4.74 Å². The van der Waals surface area contributed by atoms with Crippen LogP contribution >= 0.6 is 15.9 Å². The largest absolute Gasteiger partial charge is 0.491 e. The number of ether oxygens (including phenoxy) is 1. The predicted molar refractivity (Wildman–Crippen MR) is 89.2 cm³/mol. The van der Waals surface area contributed by atoms with Crippen molar-refractivity contribution in [1.82, 2.24) is 4.90 Å². The molecule has 1 aliphatic rings. The average Bonchev–Trinajstić information content (AvgIpc) is 2.47. The van der Waals surface area contributed by atoms with E-state index in [0.29, 0.717) is 5.92 Å². The van der Waals surface area contributed by atoms with Crippen LogP contribution in [0.5, 0.6) is 5.75 Å². The second-order valence-corrected chi connectivity index (χ2v) is 6.72. The van der Waals surface area contributed by atoms with E-state index in [1.807, 2.05) is 43.0 Å². The van der Waals surface area contributed by atoms with Gasteiger partial charge in [-0.3, -0.25) is 4.79 Å². The van der Waals surface area contributed by atoms with Gasteiger partial charge in [0.05, 0.1) is 6.10 Å². The Balaban J connectivity index is 2.05. The van der Waals surface area contributed by atoms with E-state index < -0.39 is 0 Å². The minimum Gasteiger partial charge on any atom is -0.491 e. The van der Waals surface area contributed by atoms with Gasteiger partial charge in [-0.1, -0.05) is 22.0 Å². The number of amides is 1. The summed E-state index contributed by atoms with van der Waals surface area (Å²) in [6, 6.07) is 7.53. The minimum absolute atomic E-state index is 0.119. The SMILES string of the molecule is CC(C)Oc1cccc(C(=O)N2CCCC(CCBr)C2)c1. The number of carbonyl (C=O) groups excluding carboxylic acids is 1. The fourth-order valence-electron chi connectivity index (χ4n) is 2.80. The molecule has 0 spiro atoms. The molecular weight excluding hydrogens is 330 g/mol. The van der Waals surface area contributed by atoms with Gasteiger partial charge in [0.1, 0.15) is 5.75 Å². The predicted octanol–water partition coefficient (Wildman–Crippen LogP) is 4.11. The van der Waals surface area contributed by atoms with Crippen LogP contribution in [0, 0.1) is 5.92 Å². The van der Waals surface area contributed by atoms with Crippen molar-refractivity contribution >= 4 is 21.8 Å². The van der Waals surface area contributed by atoms with Gasteiger partial charge < -0.3 is 9.64 Å². The number of nitrogens with zero attached hydrogens (tertiary/aromatic N) is 1. The molecule has 1 saturated heterocycles. The molecule has 0 aliphatic carbocycles. The zero-order chi connectivity index (χ0) is 15.2. The van der Waals surface area contributed by atoms with Gasteiger partial charge in [-0.15, -0.1) is 0 Å². The number of alkyl halides is 1. The number of hydrogen-bond acceptors (Lipinski definition) is 2. The van der Waals surface area contributed by atoms with E-state index in [4.69, 9.17) is 4.74 Å². The standard InChI is InChI=1S/C17H24BrNO2/c1-13(2)21-16-7-3-6-15(11-16)17(20)19-10-4-5-14(12-19)8-9-18/h3,6-7,11,13-14H,4-5,8-10,12H2,1-2H3. The average molecular weight is 354 g/mol. The van der Waals surface area contributed by atoms with Crippen molar-refractivity contribution < 1.29 is 9.53 Å². The molecule has 1 atom stereocenters. The number of rotatable bonds is 5. The number of benzene rings is 1. The molecule has 0 saturated carbocycles. The van der Waals surface area contributed by atoms with Gasteiger partial charge in [-0.05, 0) is 57.2 Å². The maximum atomic E-state index is 12.6. The number of likely N-dealkylation sites (tertiary alicyclic amines) is 1. The summed E-state index contributed by atoms with van der Waals surface area (Å²) in [6.45, 7) is 5.72. The smallest absolute Gasteiger partial charge is 0.253 e. The molecule has 2 rings (SSSR count). The van der Waals surface area contributed by atoms with Gasteiger partial charge in [-0.25, -0.2) is 0 Å². The maximum absolute atomic E-state index is 12.6. The highest BCUT2D eigenvalue weighted by Gasteiger charge is 2.24. The van der Waals surface area contributed by atoms with E-state index in [2.05, 4.69) is 15.9 Å². The van der Waals surface area contributed by atoms with Crippen molar-refractivity contribution in [2.75, 3.05) is 18.4 Å². The van der Waals surface area contributed by atoms with E-state index in [0.717, 1.165) is 42.6 Å². The zero-order valence-electron chi connectivity index (χ0n) is 12.8. The van der Waals surface area contributed by atoms with Crippen molar-refractivity contribution in [3.63, 3.8) is 0 Å². The van der Waals surface area contributed by atoms with Crippen LogP contribution in [0.4, 0.5) is 0 Å². The lowest BCUT2D eigenvalue weighted by Crippen LogP contribution is -2.40. The van der Waals surface area contributed by atoms with Crippen LogP contribution in [0.25, 0.3) is 0 Å². The lowest BCUT2D eigenvalue weighted by Gasteiger charge is -2.32. The second kappa shape index (κ2) is 7.83. The Bertz CT molecular complexity index is 474. The maximum Gasteiger partial charge on any atom is 0.253 e. The van der Waals surface area contributed by atoms with Crippen LogP contribution in [0.3, 0.4) is 0 Å². The first-order chi connectivity index (χ1) is 10.1. The van der Waals surface area contributed by atoms with Crippen LogP contribution in [-0.4, -0.2) is 35.3 Å². The van der Waals surface area contributed by atoms with E-state index in [1.54, 1.807) is 0 Å². The van der Waals surface area contributed by atoms with Crippen molar-refractivity contribution in [1.29, 1.82) is 0 Å². The first kappa shape index (κ1) is 16.3. The lowest BCUT2D eigenvalue weighted by atomic mass is 9.95. The summed E-state index contributed by atoms with van der Waals surface area (Å²) in [7, 11) is 0. The fourth-order valence-corrected chi connectivity index (χ4v) is 3.44. The molecule has 3 nitrogen and oxygen atoms in total. The van der Waals surface area contributed by atoms with E-state index in [1.165, 1.54) is 6.42 Å². The minimum atomic E-state index is 0.119. The summed E-state index contributed by atoms with van der Waals surface area (Å²) in [6.07, 6.45) is 3.59. The molecule has 1 aliphatic heterocycles. The highest BCUT2D eigenvalue weighted by molar-refractivity contribution is 9.09. The normalized spacial score (nSPS) is 18.9. The fraction of sp³-hybridized carbons (Fsp3) is 0.588. The summed E-state index contributed by atoms with van der Waals surface area (Å²) < 4.78 is 5.68. The summed E-state index contributed by atoms with van der Waals surface area (Å²) >= 11 is 3.50. The second-order valence-electron chi connectivity index (χ2n) is 5.93. The highest BCUT2D eigenvalue weighted by atomic mass is 79.9. The van der Waals surface area contributed by atoms with Crippen LogP contribution in [0.1, 0.15) is 43.5 Å². The Kier molecular flexibility index (Phi) is 6.09. The van der Waals surface area contributed by atoms with Gasteiger partial charge in [0.25, 0.3) is 5.91 Å². The van der Waals surface area contributed by atoms with Crippen molar-refractivity contribution in [2.45, 2.75) is 39.2 Å². The number of halogens is 1. The number of hydrogen-bond donors (Lipinski definition) is 0. The van der Waals surface area contributed by atoms with Gasteiger partial charge in [-0.2, -0.15) is 0 Å². The van der Waals surface area contributed by atoms with Gasteiger partial charge >= 0.3 is 0 Å². The van der Waals surface area contributed by atoms with Crippen molar-refractivity contribution in [3.8, 4) is 5.75 Å². The molecule has 1 heterocycles. The molecular formula is C17H24BrNO2. The number of piperidine rings is 1. The zero-order valence-corrected chi connectivity index (χ0v) is 14.4. The third-order valence-electron chi connectivity index (χ3n) is 3.78. The molecule has 21 heavy (non-hydrogen) atoms. The first-order valence-electron chi connectivity index (χ1n) is 7.72. The van der Waals surface area contributed by atoms with Crippen LogP contribution in [0.15, 0.2) is 24.3 Å². The quantitative estimate of drug-likeness (QED) is 0.745. The molecule has 1 fully saturated rings. The Labute approximate surface area is 135 Å². The first-order valence-corrected chi connectivity index (χ1v) is 8.84. The molecule has 1 aromatic carbocycles. The molecule has 4 heteroatoms. The van der Waals surface area contributed by atoms with Gasteiger partial charge in [0, 0.05) is 24.0 Å². The Morgan fingerprint density at radius 1 is 1.48 bits per heavy atom. The molecule has 0 aromatic heterocycles. The third kappa shape index (κ3) is 4.73. The molecule has 1 aromatic rings. The summed E-state index contributed by atoms with van der Waals surface area (Å²) in [5.41, 5.74) is 0.729. The molecule has 0 bridgehead atoms. The summed E-state index contributed by atoms with van der Waals surface area (Å²) in [5.74, 6) is 1.52. The summed E-state index contributed by atoms with van der Waals surface area (Å²) in [5, 5.41) is 1.01. The topological polar surface area (TPSA) is 29.5 Å². The van der Waals surface area contributed by atoms with Crippen molar-refractivity contribution in [3.05, 3.63) is 29.8 Å². The van der Waals surface area contributed by atoms with Gasteiger partial charge in [0.2, 0.25) is 0 Å². The van der Waals surface area contributed by atoms with Crippen molar-refractivity contribution in [2.24, 2.45) is 5.92 Å².